The molecule has 0 bridgehead atoms. The molecule has 20 heavy (non-hydrogen) atoms. The second kappa shape index (κ2) is 11.1. The molecule has 1 saturated heterocycles. The van der Waals surface area contributed by atoms with E-state index in [9.17, 15) is 4.79 Å². The highest BCUT2D eigenvalue weighted by Crippen LogP contribution is 2.17. The van der Waals surface area contributed by atoms with Crippen LogP contribution < -0.4 is 5.32 Å². The molecule has 0 aromatic heterocycles. The summed E-state index contributed by atoms with van der Waals surface area (Å²) < 4.78 is 0. The molecule has 1 rings (SSSR count). The summed E-state index contributed by atoms with van der Waals surface area (Å²) in [5, 5.41) is 2.79. The number of hydrogen-bond donors (Lipinski definition) is 1. The highest BCUT2D eigenvalue weighted by Gasteiger charge is 2.24. The number of unbranched alkanes of at least 4 members (excludes halogenated alkanes) is 7. The molecule has 3 nitrogen and oxygen atoms in total. The Morgan fingerprint density at radius 2 is 1.75 bits per heavy atom. The third-order valence-electron chi connectivity index (χ3n) is 4.45. The standard InChI is InChI=1S/C17H34N2O/c1-3-4-5-6-7-8-9-10-13-19-14-11-12-16(15-19)17(20)18-2/h16H,3-15H2,1-2H3,(H,18,20)/t16-/m0/s1. The van der Waals surface area contributed by atoms with Gasteiger partial charge in [-0.25, -0.2) is 0 Å². The summed E-state index contributed by atoms with van der Waals surface area (Å²) in [6.45, 7) is 5.60. The summed E-state index contributed by atoms with van der Waals surface area (Å²) in [6.07, 6.45) is 13.2. The molecule has 1 aliphatic rings. The van der Waals surface area contributed by atoms with Gasteiger partial charge in [-0.2, -0.15) is 0 Å². The predicted octanol–water partition coefficient (Wildman–Crippen LogP) is 3.59. The Balaban J connectivity index is 2.00. The van der Waals surface area contributed by atoms with E-state index < -0.39 is 0 Å². The van der Waals surface area contributed by atoms with Crippen molar-refractivity contribution in [1.29, 1.82) is 0 Å². The van der Waals surface area contributed by atoms with Crippen LogP contribution in [-0.2, 0) is 4.79 Å². The Morgan fingerprint density at radius 1 is 1.10 bits per heavy atom. The zero-order valence-electron chi connectivity index (χ0n) is 13.6. The lowest BCUT2D eigenvalue weighted by molar-refractivity contribution is -0.126. The number of likely N-dealkylation sites (tertiary alicyclic amines) is 1. The number of nitrogens with one attached hydrogen (secondary N) is 1. The summed E-state index contributed by atoms with van der Waals surface area (Å²) in [6, 6.07) is 0. The van der Waals surface area contributed by atoms with Crippen molar-refractivity contribution in [3.8, 4) is 0 Å². The molecule has 0 unspecified atom stereocenters. The molecular weight excluding hydrogens is 248 g/mol. The van der Waals surface area contributed by atoms with Gasteiger partial charge in [0.25, 0.3) is 0 Å². The van der Waals surface area contributed by atoms with Gasteiger partial charge in [-0.3, -0.25) is 4.79 Å². The Labute approximate surface area is 125 Å². The molecule has 0 radical (unpaired) electrons. The SMILES string of the molecule is CCCCCCCCCCN1CCC[C@H](C(=O)NC)C1. The fraction of sp³-hybridized carbons (Fsp3) is 0.941. The monoisotopic (exact) mass is 282 g/mol. The summed E-state index contributed by atoms with van der Waals surface area (Å²) in [4.78, 5) is 14.2. The first-order valence-corrected chi connectivity index (χ1v) is 8.72. The van der Waals surface area contributed by atoms with E-state index in [-0.39, 0.29) is 11.8 Å². The minimum absolute atomic E-state index is 0.225. The fourth-order valence-corrected chi connectivity index (χ4v) is 3.15. The van der Waals surface area contributed by atoms with Crippen molar-refractivity contribution in [3.63, 3.8) is 0 Å². The topological polar surface area (TPSA) is 32.3 Å². The molecule has 0 aliphatic carbocycles. The molecule has 1 fully saturated rings. The first kappa shape index (κ1) is 17.5. The van der Waals surface area contributed by atoms with Gasteiger partial charge in [-0.1, -0.05) is 51.9 Å². The van der Waals surface area contributed by atoms with Crippen LogP contribution >= 0.6 is 0 Å². The molecule has 0 aromatic rings. The smallest absolute Gasteiger partial charge is 0.224 e. The summed E-state index contributed by atoms with van der Waals surface area (Å²) in [7, 11) is 1.75. The number of hydrogen-bond acceptors (Lipinski definition) is 2. The maximum absolute atomic E-state index is 11.7. The molecule has 0 spiro atoms. The Kier molecular flexibility index (Phi) is 9.73. The van der Waals surface area contributed by atoms with Gasteiger partial charge < -0.3 is 10.2 Å². The fourth-order valence-electron chi connectivity index (χ4n) is 3.15. The molecular formula is C17H34N2O. The lowest BCUT2D eigenvalue weighted by atomic mass is 9.97. The lowest BCUT2D eigenvalue weighted by Gasteiger charge is -2.31. The maximum atomic E-state index is 11.7. The van der Waals surface area contributed by atoms with Crippen LogP contribution in [0.4, 0.5) is 0 Å². The van der Waals surface area contributed by atoms with Gasteiger partial charge in [0.05, 0.1) is 5.92 Å². The van der Waals surface area contributed by atoms with Gasteiger partial charge >= 0.3 is 0 Å². The van der Waals surface area contributed by atoms with Crippen LogP contribution in [-0.4, -0.2) is 37.5 Å². The van der Waals surface area contributed by atoms with Crippen molar-refractivity contribution >= 4 is 5.91 Å². The third kappa shape index (κ3) is 7.28. The van der Waals surface area contributed by atoms with Crippen LogP contribution in [0.25, 0.3) is 0 Å². The Bertz CT molecular complexity index is 255. The summed E-state index contributed by atoms with van der Waals surface area (Å²) >= 11 is 0. The van der Waals surface area contributed by atoms with Gasteiger partial charge in [0.2, 0.25) is 5.91 Å². The Morgan fingerprint density at radius 3 is 2.40 bits per heavy atom. The third-order valence-corrected chi connectivity index (χ3v) is 4.45. The molecule has 1 amide bonds. The van der Waals surface area contributed by atoms with Crippen molar-refractivity contribution in [2.45, 2.75) is 71.1 Å². The van der Waals surface area contributed by atoms with Crippen LogP contribution in [0.1, 0.15) is 71.1 Å². The van der Waals surface area contributed by atoms with E-state index in [1.54, 1.807) is 7.05 Å². The zero-order valence-corrected chi connectivity index (χ0v) is 13.6. The first-order valence-electron chi connectivity index (χ1n) is 8.72. The Hall–Kier alpha value is -0.570. The van der Waals surface area contributed by atoms with Crippen LogP contribution in [0.2, 0.25) is 0 Å². The minimum atomic E-state index is 0.225. The molecule has 1 atom stereocenters. The minimum Gasteiger partial charge on any atom is -0.359 e. The van der Waals surface area contributed by atoms with Gasteiger partial charge in [0.1, 0.15) is 0 Å². The van der Waals surface area contributed by atoms with E-state index in [1.807, 2.05) is 0 Å². The highest BCUT2D eigenvalue weighted by atomic mass is 16.1. The predicted molar refractivity (Wildman–Crippen MR) is 85.8 cm³/mol. The van der Waals surface area contributed by atoms with Crippen molar-refractivity contribution < 1.29 is 4.79 Å². The molecule has 0 saturated carbocycles. The molecule has 118 valence electrons. The van der Waals surface area contributed by atoms with E-state index in [4.69, 9.17) is 0 Å². The number of piperidine rings is 1. The molecule has 0 aromatic carbocycles. The van der Waals surface area contributed by atoms with Crippen LogP contribution in [0.5, 0.6) is 0 Å². The quantitative estimate of drug-likeness (QED) is 0.621. The summed E-state index contributed by atoms with van der Waals surface area (Å²) in [5.41, 5.74) is 0. The van der Waals surface area contributed by atoms with E-state index >= 15 is 0 Å². The number of amides is 1. The average molecular weight is 282 g/mol. The first-order chi connectivity index (χ1) is 9.77. The number of rotatable bonds is 10. The largest absolute Gasteiger partial charge is 0.359 e. The van der Waals surface area contributed by atoms with Gasteiger partial charge in [0.15, 0.2) is 0 Å². The van der Waals surface area contributed by atoms with Crippen LogP contribution in [0.15, 0.2) is 0 Å². The molecule has 1 heterocycles. The number of nitrogens with zero attached hydrogens (tertiary/aromatic N) is 1. The van der Waals surface area contributed by atoms with Gasteiger partial charge in [0, 0.05) is 13.6 Å². The number of carbonyl (C=O) groups is 1. The normalized spacial score (nSPS) is 20.0. The summed E-state index contributed by atoms with van der Waals surface area (Å²) in [5.74, 6) is 0.452. The molecule has 3 heteroatoms. The van der Waals surface area contributed by atoms with E-state index in [0.29, 0.717) is 0 Å². The highest BCUT2D eigenvalue weighted by molar-refractivity contribution is 5.78. The second-order valence-corrected chi connectivity index (χ2v) is 6.23. The number of carbonyl (C=O) groups excluding carboxylic acids is 1. The van der Waals surface area contributed by atoms with Crippen molar-refractivity contribution in [3.05, 3.63) is 0 Å². The van der Waals surface area contributed by atoms with Crippen molar-refractivity contribution in [2.75, 3.05) is 26.7 Å². The second-order valence-electron chi connectivity index (χ2n) is 6.23. The average Bonchev–Trinajstić information content (AvgIpc) is 2.49. The van der Waals surface area contributed by atoms with E-state index in [0.717, 1.165) is 13.0 Å². The van der Waals surface area contributed by atoms with Gasteiger partial charge in [-0.15, -0.1) is 0 Å². The lowest BCUT2D eigenvalue weighted by Crippen LogP contribution is -2.42. The maximum Gasteiger partial charge on any atom is 0.224 e. The van der Waals surface area contributed by atoms with Crippen LogP contribution in [0.3, 0.4) is 0 Å². The van der Waals surface area contributed by atoms with Crippen LogP contribution in [0, 0.1) is 5.92 Å². The van der Waals surface area contributed by atoms with E-state index in [2.05, 4.69) is 17.1 Å². The molecule has 1 aliphatic heterocycles. The van der Waals surface area contributed by atoms with Gasteiger partial charge in [-0.05, 0) is 32.4 Å². The molecule has 1 N–H and O–H groups in total. The zero-order chi connectivity index (χ0) is 14.6. The van der Waals surface area contributed by atoms with Crippen molar-refractivity contribution in [2.24, 2.45) is 5.92 Å². The van der Waals surface area contributed by atoms with Crippen molar-refractivity contribution in [1.82, 2.24) is 10.2 Å². The van der Waals surface area contributed by atoms with E-state index in [1.165, 1.54) is 70.9 Å².